The molecule has 3 heteroatoms. The van der Waals surface area contributed by atoms with Gasteiger partial charge in [0.1, 0.15) is 0 Å². The minimum atomic E-state index is -0.394. The summed E-state index contributed by atoms with van der Waals surface area (Å²) in [6.45, 7) is 18.9. The van der Waals surface area contributed by atoms with Crippen molar-refractivity contribution in [3.63, 3.8) is 0 Å². The summed E-state index contributed by atoms with van der Waals surface area (Å²) in [5.41, 5.74) is 2.93. The molecule has 0 bridgehead atoms. The van der Waals surface area contributed by atoms with Gasteiger partial charge in [-0.3, -0.25) is 0 Å². The largest absolute Gasteiger partial charge is 0.396 e. The topological polar surface area (TPSA) is 60.7 Å². The van der Waals surface area contributed by atoms with Crippen LogP contribution in [0, 0.1) is 50.7 Å². The summed E-state index contributed by atoms with van der Waals surface area (Å²) in [6.07, 6.45) is 11.6. The number of aliphatic hydroxyl groups excluding tert-OH is 3. The van der Waals surface area contributed by atoms with E-state index in [9.17, 15) is 15.3 Å². The van der Waals surface area contributed by atoms with Crippen LogP contribution < -0.4 is 0 Å². The Hall–Kier alpha value is -0.640. The Bertz CT molecular complexity index is 889. The van der Waals surface area contributed by atoms with Crippen molar-refractivity contribution in [2.45, 2.75) is 112 Å². The summed E-state index contributed by atoms with van der Waals surface area (Å²) in [5.74, 6) is 1.89. The lowest BCUT2D eigenvalue weighted by Crippen LogP contribution is -2.60. The standard InChI is InChI=1S/C31H50O3/c1-19-16-20-17-28(4)13-10-23-30(6,15-12-25(34)31(23,7)18-32)22(28)9-8-21(20)29(5)14-11-24(33)27(2,3)26(19)29/h16,21-26,32-34H,1,8-15,17-18H2,2-7H3/t21-,22-,23+,24+,25+,26-,28-,29+,30+,31+/m0/s1. The predicted molar refractivity (Wildman–Crippen MR) is 138 cm³/mol. The van der Waals surface area contributed by atoms with Crippen LogP contribution in [-0.2, 0) is 0 Å². The molecule has 0 radical (unpaired) electrons. The monoisotopic (exact) mass is 470 g/mol. The Labute approximate surface area is 208 Å². The fourth-order valence-electron chi connectivity index (χ4n) is 11.2. The van der Waals surface area contributed by atoms with Gasteiger partial charge in [-0.15, -0.1) is 0 Å². The van der Waals surface area contributed by atoms with E-state index in [1.807, 2.05) is 0 Å². The number of hydrogen-bond donors (Lipinski definition) is 3. The summed E-state index contributed by atoms with van der Waals surface area (Å²) in [6, 6.07) is 0. The lowest BCUT2D eigenvalue weighted by molar-refractivity contribution is -0.189. The van der Waals surface area contributed by atoms with Gasteiger partial charge in [0.05, 0.1) is 18.8 Å². The Morgan fingerprint density at radius 2 is 1.47 bits per heavy atom. The van der Waals surface area contributed by atoms with E-state index in [-0.39, 0.29) is 39.8 Å². The zero-order valence-corrected chi connectivity index (χ0v) is 22.7. The first-order valence-electron chi connectivity index (χ1n) is 14.1. The Morgan fingerprint density at radius 3 is 2.15 bits per heavy atom. The summed E-state index contributed by atoms with van der Waals surface area (Å²) >= 11 is 0. The van der Waals surface area contributed by atoms with Crippen molar-refractivity contribution in [3.05, 3.63) is 23.8 Å². The third kappa shape index (κ3) is 3.11. The van der Waals surface area contributed by atoms with Crippen molar-refractivity contribution < 1.29 is 15.3 Å². The molecule has 0 saturated heterocycles. The van der Waals surface area contributed by atoms with Crippen LogP contribution in [0.1, 0.15) is 99.3 Å². The van der Waals surface area contributed by atoms with Gasteiger partial charge < -0.3 is 15.3 Å². The Morgan fingerprint density at radius 1 is 0.824 bits per heavy atom. The maximum absolute atomic E-state index is 10.9. The fraction of sp³-hybridized carbons (Fsp3) is 0.871. The highest BCUT2D eigenvalue weighted by Gasteiger charge is 2.64. The Balaban J connectivity index is 1.54. The first-order chi connectivity index (χ1) is 15.7. The molecule has 5 aliphatic rings. The maximum atomic E-state index is 10.9. The molecule has 5 rings (SSSR count). The second kappa shape index (κ2) is 7.68. The van der Waals surface area contributed by atoms with E-state index in [0.29, 0.717) is 23.7 Å². The predicted octanol–water partition coefficient (Wildman–Crippen LogP) is 6.28. The first kappa shape index (κ1) is 25.0. The zero-order valence-electron chi connectivity index (χ0n) is 22.7. The number of rotatable bonds is 1. The molecule has 3 N–H and O–H groups in total. The van der Waals surface area contributed by atoms with Gasteiger partial charge in [-0.1, -0.05) is 65.3 Å². The van der Waals surface area contributed by atoms with Crippen molar-refractivity contribution in [2.75, 3.05) is 6.61 Å². The van der Waals surface area contributed by atoms with E-state index in [0.717, 1.165) is 38.5 Å². The van der Waals surface area contributed by atoms with Crippen LogP contribution in [0.25, 0.3) is 0 Å². The lowest BCUT2D eigenvalue weighted by atomic mass is 9.42. The van der Waals surface area contributed by atoms with Gasteiger partial charge in [-0.2, -0.15) is 0 Å². The van der Waals surface area contributed by atoms with E-state index < -0.39 is 6.10 Å². The number of hydrogen-bond acceptors (Lipinski definition) is 3. The molecule has 0 heterocycles. The average molecular weight is 471 g/mol. The zero-order chi connectivity index (χ0) is 24.9. The molecule has 0 spiro atoms. The molecule has 3 nitrogen and oxygen atoms in total. The molecular weight excluding hydrogens is 420 g/mol. The molecule has 5 aliphatic carbocycles. The van der Waals surface area contributed by atoms with E-state index in [4.69, 9.17) is 0 Å². The second-order valence-electron chi connectivity index (χ2n) is 14.9. The van der Waals surface area contributed by atoms with E-state index >= 15 is 0 Å². The van der Waals surface area contributed by atoms with Crippen molar-refractivity contribution in [2.24, 2.45) is 50.7 Å². The van der Waals surface area contributed by atoms with E-state index in [2.05, 4.69) is 54.2 Å². The number of aliphatic hydroxyl groups is 3. The molecule has 0 unspecified atom stereocenters. The lowest BCUT2D eigenvalue weighted by Gasteiger charge is -2.64. The van der Waals surface area contributed by atoms with Crippen molar-refractivity contribution >= 4 is 0 Å². The summed E-state index contributed by atoms with van der Waals surface area (Å²) in [7, 11) is 0. The quantitative estimate of drug-likeness (QED) is 0.423. The SMILES string of the molecule is C=C1C=C2C[C@]3(C)CC[C@@H]4[C@](C)(CC[C@@H](O)[C@]4(C)CO)[C@H]3CC[C@@H]2[C@@]2(C)CC[C@@H](O)C(C)(C)[C@H]12. The summed E-state index contributed by atoms with van der Waals surface area (Å²) in [5, 5.41) is 32.3. The molecule has 0 aromatic carbocycles. The van der Waals surface area contributed by atoms with Crippen LogP contribution in [0.15, 0.2) is 23.8 Å². The molecule has 34 heavy (non-hydrogen) atoms. The minimum Gasteiger partial charge on any atom is -0.396 e. The molecule has 10 atom stereocenters. The summed E-state index contributed by atoms with van der Waals surface area (Å²) in [4.78, 5) is 0. The molecule has 0 aromatic rings. The molecule has 4 saturated carbocycles. The smallest absolute Gasteiger partial charge is 0.0618 e. The first-order valence-corrected chi connectivity index (χ1v) is 14.1. The van der Waals surface area contributed by atoms with Crippen LogP contribution in [0.4, 0.5) is 0 Å². The fourth-order valence-corrected chi connectivity index (χ4v) is 11.2. The van der Waals surface area contributed by atoms with Gasteiger partial charge in [-0.05, 0) is 103 Å². The van der Waals surface area contributed by atoms with Crippen LogP contribution in [0.2, 0.25) is 0 Å². The maximum Gasteiger partial charge on any atom is 0.0618 e. The van der Waals surface area contributed by atoms with Crippen molar-refractivity contribution in [3.8, 4) is 0 Å². The van der Waals surface area contributed by atoms with Crippen LogP contribution in [-0.4, -0.2) is 34.1 Å². The molecular formula is C31H50O3. The van der Waals surface area contributed by atoms with Crippen molar-refractivity contribution in [1.29, 1.82) is 0 Å². The molecule has 192 valence electrons. The third-order valence-electron chi connectivity index (χ3n) is 12.8. The number of fused-ring (bicyclic) bond motifs is 6. The molecule has 0 amide bonds. The normalized spacial score (nSPS) is 54.6. The van der Waals surface area contributed by atoms with Crippen LogP contribution in [0.3, 0.4) is 0 Å². The van der Waals surface area contributed by atoms with Crippen molar-refractivity contribution in [1.82, 2.24) is 0 Å². The van der Waals surface area contributed by atoms with Crippen LogP contribution in [0.5, 0.6) is 0 Å². The van der Waals surface area contributed by atoms with E-state index in [1.165, 1.54) is 24.8 Å². The second-order valence-corrected chi connectivity index (χ2v) is 14.9. The molecule has 0 aliphatic heterocycles. The number of allylic oxidation sites excluding steroid dienone is 3. The summed E-state index contributed by atoms with van der Waals surface area (Å²) < 4.78 is 0. The van der Waals surface area contributed by atoms with Gasteiger partial charge in [0.2, 0.25) is 0 Å². The third-order valence-corrected chi connectivity index (χ3v) is 12.8. The van der Waals surface area contributed by atoms with Gasteiger partial charge in [0, 0.05) is 5.41 Å². The van der Waals surface area contributed by atoms with E-state index in [1.54, 1.807) is 5.57 Å². The average Bonchev–Trinajstić information content (AvgIpc) is 2.90. The highest BCUT2D eigenvalue weighted by molar-refractivity contribution is 5.37. The molecule has 0 aromatic heterocycles. The van der Waals surface area contributed by atoms with Gasteiger partial charge in [0.25, 0.3) is 0 Å². The van der Waals surface area contributed by atoms with Gasteiger partial charge >= 0.3 is 0 Å². The molecule has 4 fully saturated rings. The van der Waals surface area contributed by atoms with Crippen LogP contribution >= 0.6 is 0 Å². The highest BCUT2D eigenvalue weighted by Crippen LogP contribution is 2.70. The van der Waals surface area contributed by atoms with Gasteiger partial charge in [-0.25, -0.2) is 0 Å². The minimum absolute atomic E-state index is 0.0859. The van der Waals surface area contributed by atoms with Gasteiger partial charge in [0.15, 0.2) is 0 Å². The Kier molecular flexibility index (Phi) is 5.66. The highest BCUT2D eigenvalue weighted by atomic mass is 16.3.